The van der Waals surface area contributed by atoms with Gasteiger partial charge in [0.15, 0.2) is 17.4 Å². The first-order valence-electron chi connectivity index (χ1n) is 6.39. The van der Waals surface area contributed by atoms with E-state index in [4.69, 9.17) is 21.5 Å². The molecule has 0 bridgehead atoms. The minimum absolute atomic E-state index is 0.233. The summed E-state index contributed by atoms with van der Waals surface area (Å²) >= 11 is 0. The Morgan fingerprint density at radius 2 is 1.74 bits per heavy atom. The van der Waals surface area contributed by atoms with E-state index in [2.05, 4.69) is 9.97 Å². The van der Waals surface area contributed by atoms with Crippen molar-refractivity contribution in [2.24, 2.45) is 0 Å². The molecule has 0 radical (unpaired) electrons. The maximum Gasteiger partial charge on any atom is 0.222 e. The number of hydrogen-bond donors (Lipinski definition) is 2. The molecule has 0 spiro atoms. The Morgan fingerprint density at radius 3 is 2.39 bits per heavy atom. The van der Waals surface area contributed by atoms with Gasteiger partial charge in [-0.2, -0.15) is 10.2 Å². The molecule has 0 atom stereocenters. The van der Waals surface area contributed by atoms with Gasteiger partial charge < -0.3 is 16.2 Å². The molecule has 0 unspecified atom stereocenters. The van der Waals surface area contributed by atoms with Crippen LogP contribution in [0.15, 0.2) is 30.3 Å². The molecule has 0 saturated heterocycles. The highest BCUT2D eigenvalue weighted by atomic mass is 19.1. The van der Waals surface area contributed by atoms with Gasteiger partial charge in [-0.1, -0.05) is 18.2 Å². The van der Waals surface area contributed by atoms with Crippen molar-refractivity contribution in [3.8, 4) is 17.6 Å². The Balaban J connectivity index is 2.34. The number of nitriles is 1. The molecule has 1 aromatic heterocycles. The first-order chi connectivity index (χ1) is 11.0. The topological polar surface area (TPSA) is 111 Å². The predicted molar refractivity (Wildman–Crippen MR) is 79.5 cm³/mol. The van der Waals surface area contributed by atoms with Crippen molar-refractivity contribution in [3.63, 3.8) is 0 Å². The van der Waals surface area contributed by atoms with Crippen molar-refractivity contribution in [3.05, 3.63) is 47.5 Å². The maximum atomic E-state index is 14.7. The first-order valence-corrected chi connectivity index (χ1v) is 6.39. The van der Waals surface area contributed by atoms with Crippen LogP contribution in [0, 0.1) is 23.0 Å². The van der Waals surface area contributed by atoms with Gasteiger partial charge >= 0.3 is 0 Å². The number of benzene rings is 2. The molecule has 114 valence electrons. The summed E-state index contributed by atoms with van der Waals surface area (Å²) in [5.41, 5.74) is 9.91. The van der Waals surface area contributed by atoms with Gasteiger partial charge in [0.1, 0.15) is 28.7 Å². The Labute approximate surface area is 128 Å². The summed E-state index contributed by atoms with van der Waals surface area (Å²) in [5, 5.41) is 8.76. The average molecular weight is 313 g/mol. The molecule has 1 heterocycles. The van der Waals surface area contributed by atoms with Crippen molar-refractivity contribution in [2.45, 2.75) is 0 Å². The summed E-state index contributed by atoms with van der Waals surface area (Å²) in [7, 11) is 0. The highest BCUT2D eigenvalue weighted by Crippen LogP contribution is 2.37. The number of aromatic nitrogens is 2. The third-order valence-corrected chi connectivity index (χ3v) is 3.10. The summed E-state index contributed by atoms with van der Waals surface area (Å²) < 4.78 is 34.6. The molecule has 0 aliphatic heterocycles. The molecular formula is C15H9F2N5O. The number of nitrogens with two attached hydrogens (primary N) is 2. The molecule has 0 saturated carbocycles. The predicted octanol–water partition coefficient (Wildman–Crippen LogP) is 2.74. The van der Waals surface area contributed by atoms with Gasteiger partial charge in [0.05, 0.1) is 5.39 Å². The minimum Gasteiger partial charge on any atom is -0.453 e. The first kappa shape index (κ1) is 14.5. The molecule has 8 heteroatoms. The zero-order valence-corrected chi connectivity index (χ0v) is 11.5. The van der Waals surface area contributed by atoms with E-state index in [0.29, 0.717) is 0 Å². The fourth-order valence-corrected chi connectivity index (χ4v) is 2.12. The van der Waals surface area contributed by atoms with Crippen molar-refractivity contribution in [2.75, 3.05) is 11.5 Å². The summed E-state index contributed by atoms with van der Waals surface area (Å²) in [6.45, 7) is 0. The zero-order chi connectivity index (χ0) is 16.6. The SMILES string of the molecule is N#Cc1c(Oc2ccccc2)c(F)c2nc(N)nc(N)c2c1F. The Bertz CT molecular complexity index is 954. The second kappa shape index (κ2) is 5.38. The van der Waals surface area contributed by atoms with Crippen molar-refractivity contribution in [1.82, 2.24) is 9.97 Å². The largest absolute Gasteiger partial charge is 0.453 e. The summed E-state index contributed by atoms with van der Waals surface area (Å²) in [5.74, 6) is -3.12. The maximum absolute atomic E-state index is 14.7. The Kier molecular flexibility index (Phi) is 3.38. The third kappa shape index (κ3) is 2.34. The average Bonchev–Trinajstić information content (AvgIpc) is 2.53. The molecule has 0 aliphatic carbocycles. The monoisotopic (exact) mass is 313 g/mol. The van der Waals surface area contributed by atoms with E-state index in [9.17, 15) is 8.78 Å². The highest BCUT2D eigenvalue weighted by molar-refractivity contribution is 5.92. The van der Waals surface area contributed by atoms with Crippen LogP contribution in [-0.4, -0.2) is 9.97 Å². The molecular weight excluding hydrogens is 304 g/mol. The van der Waals surface area contributed by atoms with Crippen molar-refractivity contribution in [1.29, 1.82) is 5.26 Å². The summed E-state index contributed by atoms with van der Waals surface area (Å²) in [4.78, 5) is 7.24. The lowest BCUT2D eigenvalue weighted by Crippen LogP contribution is -2.06. The molecule has 3 aromatic rings. The number of fused-ring (bicyclic) bond motifs is 1. The second-order valence-corrected chi connectivity index (χ2v) is 4.55. The van der Waals surface area contributed by atoms with Crippen LogP contribution in [0.4, 0.5) is 20.5 Å². The summed E-state index contributed by atoms with van der Waals surface area (Å²) in [6.07, 6.45) is 0. The molecule has 0 aliphatic rings. The summed E-state index contributed by atoms with van der Waals surface area (Å²) in [6, 6.07) is 9.66. The van der Waals surface area contributed by atoms with Crippen LogP contribution in [0.5, 0.6) is 11.5 Å². The molecule has 6 nitrogen and oxygen atoms in total. The standard InChI is InChI=1S/C15H9F2N5O/c16-10-8(6-18)13(23-7-4-2-1-3-5-7)11(17)12-9(10)14(19)22-15(20)21-12/h1-5H,(H4,19,20,21,22). The van der Waals surface area contributed by atoms with Gasteiger partial charge in [-0.25, -0.2) is 13.8 Å². The number of nitrogen functional groups attached to an aromatic ring is 2. The van der Waals surface area contributed by atoms with Gasteiger partial charge in [-0.15, -0.1) is 0 Å². The van der Waals surface area contributed by atoms with Crippen LogP contribution in [0.3, 0.4) is 0 Å². The Morgan fingerprint density at radius 1 is 1.04 bits per heavy atom. The number of hydrogen-bond acceptors (Lipinski definition) is 6. The molecule has 0 fully saturated rings. The van der Waals surface area contributed by atoms with E-state index in [1.807, 2.05) is 0 Å². The lowest BCUT2D eigenvalue weighted by Gasteiger charge is -2.12. The normalized spacial score (nSPS) is 10.5. The second-order valence-electron chi connectivity index (χ2n) is 4.55. The fourth-order valence-electron chi connectivity index (χ4n) is 2.12. The number of halogens is 2. The van der Waals surface area contributed by atoms with E-state index in [0.717, 1.165) is 0 Å². The van der Waals surface area contributed by atoms with Crippen molar-refractivity contribution >= 4 is 22.7 Å². The van der Waals surface area contributed by atoms with Crippen molar-refractivity contribution < 1.29 is 13.5 Å². The van der Waals surface area contributed by atoms with Crippen LogP contribution in [0.1, 0.15) is 5.56 Å². The van der Waals surface area contributed by atoms with E-state index in [-0.39, 0.29) is 17.5 Å². The van der Waals surface area contributed by atoms with Gasteiger partial charge in [0, 0.05) is 0 Å². The number of ether oxygens (including phenoxy) is 1. The van der Waals surface area contributed by atoms with E-state index in [1.54, 1.807) is 24.3 Å². The van der Waals surface area contributed by atoms with E-state index >= 15 is 0 Å². The quantitative estimate of drug-likeness (QED) is 0.752. The highest BCUT2D eigenvalue weighted by Gasteiger charge is 2.25. The van der Waals surface area contributed by atoms with Crippen LogP contribution in [-0.2, 0) is 0 Å². The third-order valence-electron chi connectivity index (χ3n) is 3.10. The van der Waals surface area contributed by atoms with E-state index < -0.39 is 33.9 Å². The molecule has 0 amide bonds. The lowest BCUT2D eigenvalue weighted by atomic mass is 10.1. The van der Waals surface area contributed by atoms with Crippen LogP contribution >= 0.6 is 0 Å². The molecule has 3 rings (SSSR count). The van der Waals surface area contributed by atoms with Gasteiger partial charge in [0.25, 0.3) is 0 Å². The number of nitrogens with zero attached hydrogens (tertiary/aromatic N) is 3. The van der Waals surface area contributed by atoms with Crippen LogP contribution in [0.2, 0.25) is 0 Å². The van der Waals surface area contributed by atoms with Crippen LogP contribution in [0.25, 0.3) is 10.9 Å². The molecule has 2 aromatic carbocycles. The Hall–Kier alpha value is -3.47. The van der Waals surface area contributed by atoms with Gasteiger partial charge in [-0.3, -0.25) is 0 Å². The molecule has 23 heavy (non-hydrogen) atoms. The number of para-hydroxylation sites is 1. The van der Waals surface area contributed by atoms with Gasteiger partial charge in [-0.05, 0) is 12.1 Å². The minimum atomic E-state index is -1.06. The smallest absolute Gasteiger partial charge is 0.222 e. The number of rotatable bonds is 2. The van der Waals surface area contributed by atoms with Gasteiger partial charge in [0.2, 0.25) is 5.95 Å². The lowest BCUT2D eigenvalue weighted by molar-refractivity contribution is 0.438. The molecule has 4 N–H and O–H groups in total. The van der Waals surface area contributed by atoms with Crippen LogP contribution < -0.4 is 16.2 Å². The van der Waals surface area contributed by atoms with E-state index in [1.165, 1.54) is 12.1 Å². The number of anilines is 2. The zero-order valence-electron chi connectivity index (χ0n) is 11.5. The fraction of sp³-hybridized carbons (Fsp3) is 0.